The van der Waals surface area contributed by atoms with E-state index in [1.54, 1.807) is 11.1 Å². The second kappa shape index (κ2) is 8.86. The highest BCUT2D eigenvalue weighted by atomic mass is 16.3. The van der Waals surface area contributed by atoms with Crippen molar-refractivity contribution in [3.8, 4) is 22.8 Å². The monoisotopic (exact) mass is 396 g/mol. The Labute approximate surface area is 171 Å². The first-order valence-corrected chi connectivity index (χ1v) is 9.78. The Hall–Kier alpha value is -3.22. The number of aromatic nitrogens is 2. The lowest BCUT2D eigenvalue weighted by Crippen LogP contribution is -2.46. The van der Waals surface area contributed by atoms with Gasteiger partial charge in [-0.25, -0.2) is 9.78 Å². The maximum Gasteiger partial charge on any atom is 0.329 e. The van der Waals surface area contributed by atoms with Crippen LogP contribution in [0.1, 0.15) is 26.7 Å². The van der Waals surface area contributed by atoms with E-state index in [0.717, 1.165) is 25.9 Å². The van der Waals surface area contributed by atoms with Gasteiger partial charge in [0.05, 0.1) is 5.69 Å². The maximum absolute atomic E-state index is 12.9. The second-order valence-electron chi connectivity index (χ2n) is 7.35. The minimum Gasteiger partial charge on any atom is -0.508 e. The van der Waals surface area contributed by atoms with Crippen LogP contribution in [0, 0.1) is 0 Å². The predicted molar refractivity (Wildman–Crippen MR) is 113 cm³/mol. The summed E-state index contributed by atoms with van der Waals surface area (Å²) in [5, 5.41) is 19.3. The molecule has 7 heteroatoms. The third-order valence-corrected chi connectivity index (χ3v) is 5.34. The van der Waals surface area contributed by atoms with Gasteiger partial charge in [0, 0.05) is 49.7 Å². The number of carbonyl (C=O) groups excluding carboxylic acids is 1. The summed E-state index contributed by atoms with van der Waals surface area (Å²) in [5.74, 6) is -0.105. The Bertz CT molecular complexity index is 904. The summed E-state index contributed by atoms with van der Waals surface area (Å²) in [6.07, 6.45) is 11.1. The molecule has 1 aliphatic heterocycles. The first kappa shape index (κ1) is 20.5. The fourth-order valence-corrected chi connectivity index (χ4v) is 3.60. The normalized spacial score (nSPS) is 15.8. The van der Waals surface area contributed by atoms with Crippen LogP contribution in [0.4, 0.5) is 4.79 Å². The fourth-order valence-electron chi connectivity index (χ4n) is 3.60. The van der Waals surface area contributed by atoms with Crippen LogP contribution < -0.4 is 0 Å². The van der Waals surface area contributed by atoms with Gasteiger partial charge in [-0.1, -0.05) is 12.2 Å². The Morgan fingerprint density at radius 1 is 1.21 bits per heavy atom. The van der Waals surface area contributed by atoms with Crippen LogP contribution >= 0.6 is 0 Å². The fraction of sp³-hybridized carbons (Fsp3) is 0.364. The molecule has 0 bridgehead atoms. The Morgan fingerprint density at radius 3 is 2.48 bits per heavy atom. The van der Waals surface area contributed by atoms with E-state index in [0.29, 0.717) is 11.3 Å². The molecule has 2 aromatic rings. The molecule has 2 N–H and O–H groups in total. The number of aromatic hydroxyl groups is 2. The molecular weight excluding hydrogens is 368 g/mol. The molecule has 0 radical (unpaired) electrons. The van der Waals surface area contributed by atoms with Crippen molar-refractivity contribution in [3.63, 3.8) is 0 Å². The number of imidazole rings is 1. The molecule has 154 valence electrons. The lowest BCUT2D eigenvalue weighted by molar-refractivity contribution is 0.151. The van der Waals surface area contributed by atoms with E-state index in [9.17, 15) is 15.0 Å². The molecule has 0 saturated carbocycles. The van der Waals surface area contributed by atoms with Crippen LogP contribution in [0.15, 0.2) is 54.6 Å². The van der Waals surface area contributed by atoms with Crippen LogP contribution in [0.2, 0.25) is 0 Å². The van der Waals surface area contributed by atoms with Crippen molar-refractivity contribution in [3.05, 3.63) is 54.6 Å². The smallest absolute Gasteiger partial charge is 0.329 e. The predicted octanol–water partition coefficient (Wildman–Crippen LogP) is 3.81. The lowest BCUT2D eigenvalue weighted by atomic mass is 10.0. The van der Waals surface area contributed by atoms with E-state index >= 15 is 0 Å². The van der Waals surface area contributed by atoms with E-state index in [-0.39, 0.29) is 23.6 Å². The van der Waals surface area contributed by atoms with Crippen LogP contribution in [0.3, 0.4) is 0 Å². The van der Waals surface area contributed by atoms with E-state index in [4.69, 9.17) is 0 Å². The van der Waals surface area contributed by atoms with Gasteiger partial charge in [-0.15, -0.1) is 0 Å². The number of likely N-dealkylation sites (tertiary alicyclic amines) is 1. The van der Waals surface area contributed by atoms with Crippen molar-refractivity contribution in [2.45, 2.75) is 32.7 Å². The number of hydrogen-bond donors (Lipinski definition) is 2. The molecule has 2 heterocycles. The average molecular weight is 396 g/mol. The van der Waals surface area contributed by atoms with Gasteiger partial charge in [-0.3, -0.25) is 4.57 Å². The summed E-state index contributed by atoms with van der Waals surface area (Å²) in [6.45, 7) is 5.95. The largest absolute Gasteiger partial charge is 0.508 e. The highest BCUT2D eigenvalue weighted by Crippen LogP contribution is 2.27. The molecular formula is C22H28N4O3. The number of phenols is 2. The summed E-state index contributed by atoms with van der Waals surface area (Å²) < 4.78 is 1.44. The van der Waals surface area contributed by atoms with Gasteiger partial charge >= 0.3 is 6.03 Å². The summed E-state index contributed by atoms with van der Waals surface area (Å²) >= 11 is 0. The molecule has 29 heavy (non-hydrogen) atoms. The van der Waals surface area contributed by atoms with Crippen molar-refractivity contribution < 1.29 is 15.0 Å². The SMILES string of the molecule is CC=CC=C(C)N1CCC(N(C)C(=O)n2cnc(-c3cc(O)cc(O)c3)c2)CC1. The first-order valence-electron chi connectivity index (χ1n) is 9.78. The number of nitrogens with zero attached hydrogens (tertiary/aromatic N) is 4. The molecule has 0 spiro atoms. The standard InChI is InChI=1S/C22H28N4O3/c1-4-5-6-16(2)25-9-7-18(8-10-25)24(3)22(29)26-14-21(23-15-26)17-11-19(27)13-20(28)12-17/h4-6,11-15,18,27-28H,7-10H2,1-3H3. The number of hydrogen-bond acceptors (Lipinski definition) is 5. The van der Waals surface area contributed by atoms with Crippen molar-refractivity contribution in [1.82, 2.24) is 19.4 Å². The summed E-state index contributed by atoms with van der Waals surface area (Å²) in [7, 11) is 1.82. The molecule has 0 aliphatic carbocycles. The van der Waals surface area contributed by atoms with Crippen LogP contribution in [0.25, 0.3) is 11.3 Å². The quantitative estimate of drug-likeness (QED) is 0.768. The molecule has 0 unspecified atom stereocenters. The number of amides is 1. The maximum atomic E-state index is 12.9. The van der Waals surface area contributed by atoms with E-state index in [2.05, 4.69) is 22.9 Å². The molecule has 7 nitrogen and oxygen atoms in total. The van der Waals surface area contributed by atoms with E-state index in [1.165, 1.54) is 34.8 Å². The van der Waals surface area contributed by atoms with Gasteiger partial charge < -0.3 is 20.0 Å². The van der Waals surface area contributed by atoms with Gasteiger partial charge in [0.1, 0.15) is 17.8 Å². The molecule has 1 saturated heterocycles. The third kappa shape index (κ3) is 4.80. The van der Waals surface area contributed by atoms with Gasteiger partial charge in [0.15, 0.2) is 0 Å². The van der Waals surface area contributed by atoms with Crippen LogP contribution in [-0.2, 0) is 0 Å². The molecule has 1 amide bonds. The van der Waals surface area contributed by atoms with E-state index in [1.807, 2.05) is 26.1 Å². The number of carbonyl (C=O) groups is 1. The Morgan fingerprint density at radius 2 is 1.86 bits per heavy atom. The van der Waals surface area contributed by atoms with Crippen molar-refractivity contribution in [2.75, 3.05) is 20.1 Å². The molecule has 1 aromatic carbocycles. The van der Waals surface area contributed by atoms with Crippen LogP contribution in [-0.4, -0.2) is 61.8 Å². The average Bonchev–Trinajstić information content (AvgIpc) is 3.20. The van der Waals surface area contributed by atoms with Gasteiger partial charge in [-0.2, -0.15) is 0 Å². The first-order chi connectivity index (χ1) is 13.9. The Kier molecular flexibility index (Phi) is 6.26. The zero-order valence-corrected chi connectivity index (χ0v) is 17.1. The Balaban J connectivity index is 1.65. The highest BCUT2D eigenvalue weighted by Gasteiger charge is 2.26. The zero-order valence-electron chi connectivity index (χ0n) is 17.1. The number of phenolic OH excluding ortho intramolecular Hbond substituents is 2. The van der Waals surface area contributed by atoms with Gasteiger partial charge in [-0.05, 0) is 44.9 Å². The highest BCUT2D eigenvalue weighted by molar-refractivity contribution is 5.78. The van der Waals surface area contributed by atoms with Crippen LogP contribution in [0.5, 0.6) is 11.5 Å². The number of benzene rings is 1. The van der Waals surface area contributed by atoms with Gasteiger partial charge in [0.2, 0.25) is 0 Å². The van der Waals surface area contributed by atoms with Crippen molar-refractivity contribution in [1.29, 1.82) is 0 Å². The summed E-state index contributed by atoms with van der Waals surface area (Å²) in [5.41, 5.74) is 2.30. The second-order valence-corrected chi connectivity index (χ2v) is 7.35. The topological polar surface area (TPSA) is 81.8 Å². The summed E-state index contributed by atoms with van der Waals surface area (Å²) in [4.78, 5) is 21.3. The van der Waals surface area contributed by atoms with E-state index < -0.39 is 0 Å². The number of allylic oxidation sites excluding steroid dienone is 4. The molecule has 1 fully saturated rings. The molecule has 1 aromatic heterocycles. The molecule has 1 aliphatic rings. The van der Waals surface area contributed by atoms with Gasteiger partial charge in [0.25, 0.3) is 0 Å². The zero-order chi connectivity index (χ0) is 21.0. The number of rotatable bonds is 4. The molecule has 0 atom stereocenters. The minimum atomic E-state index is -0.146. The third-order valence-electron chi connectivity index (χ3n) is 5.34. The minimum absolute atomic E-state index is 0.0523. The summed E-state index contributed by atoms with van der Waals surface area (Å²) in [6, 6.07) is 4.28. The molecule has 3 rings (SSSR count). The number of piperidine rings is 1. The van der Waals surface area contributed by atoms with Crippen molar-refractivity contribution >= 4 is 6.03 Å². The van der Waals surface area contributed by atoms with Crippen molar-refractivity contribution in [2.24, 2.45) is 0 Å². The lowest BCUT2D eigenvalue weighted by Gasteiger charge is -2.38.